The smallest absolute Gasteiger partial charge is 0.247 e. The highest BCUT2D eigenvalue weighted by atomic mass is 35.5. The number of hydrogen-bond acceptors (Lipinski definition) is 5. The molecule has 0 aliphatic heterocycles. The Balaban J connectivity index is 2.33. The lowest BCUT2D eigenvalue weighted by Crippen LogP contribution is -2.45. The van der Waals surface area contributed by atoms with Crippen LogP contribution in [0.3, 0.4) is 0 Å². The predicted octanol–water partition coefficient (Wildman–Crippen LogP) is 3.15. The number of nitrogens with one attached hydrogen (secondary N) is 1. The van der Waals surface area contributed by atoms with Gasteiger partial charge in [-0.3, -0.25) is 9.10 Å². The number of amides is 1. The molecule has 0 bridgehead atoms. The molecule has 0 aliphatic carbocycles. The zero-order chi connectivity index (χ0) is 20.2. The van der Waals surface area contributed by atoms with E-state index in [1.165, 1.54) is 33.3 Å². The van der Waals surface area contributed by atoms with Gasteiger partial charge in [0.05, 0.1) is 31.2 Å². The third-order valence-electron chi connectivity index (χ3n) is 3.82. The second kappa shape index (κ2) is 8.49. The second-order valence-electron chi connectivity index (χ2n) is 5.77. The van der Waals surface area contributed by atoms with E-state index in [1.807, 2.05) is 0 Å². The van der Waals surface area contributed by atoms with Crippen molar-refractivity contribution in [1.82, 2.24) is 0 Å². The first-order chi connectivity index (χ1) is 12.7. The van der Waals surface area contributed by atoms with Crippen molar-refractivity contribution in [2.45, 2.75) is 13.0 Å². The van der Waals surface area contributed by atoms with E-state index in [1.54, 1.807) is 30.3 Å². The van der Waals surface area contributed by atoms with Gasteiger partial charge in [-0.2, -0.15) is 0 Å². The van der Waals surface area contributed by atoms with Gasteiger partial charge >= 0.3 is 0 Å². The third kappa shape index (κ3) is 5.05. The highest BCUT2D eigenvalue weighted by molar-refractivity contribution is 7.92. The molecule has 2 aromatic rings. The first kappa shape index (κ1) is 20.9. The Hall–Kier alpha value is -2.45. The fraction of sp³-hybridized carbons (Fsp3) is 0.278. The first-order valence-corrected chi connectivity index (χ1v) is 10.2. The van der Waals surface area contributed by atoms with Gasteiger partial charge in [0.15, 0.2) is 0 Å². The van der Waals surface area contributed by atoms with E-state index in [-0.39, 0.29) is 10.7 Å². The number of benzene rings is 2. The molecule has 1 N–H and O–H groups in total. The Labute approximate surface area is 163 Å². The summed E-state index contributed by atoms with van der Waals surface area (Å²) in [5.74, 6) is 0.477. The van der Waals surface area contributed by atoms with Gasteiger partial charge in [0, 0.05) is 11.8 Å². The summed E-state index contributed by atoms with van der Waals surface area (Å²) in [7, 11) is -0.781. The van der Waals surface area contributed by atoms with Crippen molar-refractivity contribution in [2.75, 3.05) is 30.1 Å². The van der Waals surface area contributed by atoms with Crippen molar-refractivity contribution in [3.63, 3.8) is 0 Å². The van der Waals surface area contributed by atoms with Crippen LogP contribution in [-0.4, -0.2) is 40.8 Å². The van der Waals surface area contributed by atoms with Gasteiger partial charge in [-0.1, -0.05) is 17.7 Å². The van der Waals surface area contributed by atoms with Crippen LogP contribution in [0.1, 0.15) is 6.92 Å². The predicted molar refractivity (Wildman–Crippen MR) is 106 cm³/mol. The molecule has 27 heavy (non-hydrogen) atoms. The Bertz CT molecular complexity index is 933. The van der Waals surface area contributed by atoms with Crippen LogP contribution in [-0.2, 0) is 14.8 Å². The van der Waals surface area contributed by atoms with Crippen LogP contribution in [0.2, 0.25) is 5.02 Å². The van der Waals surface area contributed by atoms with E-state index in [0.717, 1.165) is 10.6 Å². The van der Waals surface area contributed by atoms with Crippen LogP contribution < -0.4 is 19.1 Å². The van der Waals surface area contributed by atoms with Crippen LogP contribution >= 0.6 is 11.6 Å². The molecule has 0 spiro atoms. The van der Waals surface area contributed by atoms with Gasteiger partial charge in [0.25, 0.3) is 0 Å². The van der Waals surface area contributed by atoms with Gasteiger partial charge in [-0.15, -0.1) is 0 Å². The fourth-order valence-corrected chi connectivity index (χ4v) is 3.97. The lowest BCUT2D eigenvalue weighted by atomic mass is 10.2. The highest BCUT2D eigenvalue weighted by Gasteiger charge is 2.29. The number of ether oxygens (including phenoxy) is 2. The van der Waals surface area contributed by atoms with Gasteiger partial charge in [0.2, 0.25) is 15.9 Å². The summed E-state index contributed by atoms with van der Waals surface area (Å²) in [6, 6.07) is 10.3. The summed E-state index contributed by atoms with van der Waals surface area (Å²) < 4.78 is 35.9. The van der Waals surface area contributed by atoms with E-state index >= 15 is 0 Å². The number of halogens is 1. The molecule has 0 radical (unpaired) electrons. The number of rotatable bonds is 7. The summed E-state index contributed by atoms with van der Waals surface area (Å²) in [5.41, 5.74) is 0.754. The fourth-order valence-electron chi connectivity index (χ4n) is 2.55. The molecule has 0 heterocycles. The van der Waals surface area contributed by atoms with Crippen LogP contribution in [0.5, 0.6) is 11.5 Å². The Morgan fingerprint density at radius 2 is 1.85 bits per heavy atom. The molecule has 0 saturated carbocycles. The second-order valence-corrected chi connectivity index (χ2v) is 8.04. The van der Waals surface area contributed by atoms with Crippen molar-refractivity contribution in [1.29, 1.82) is 0 Å². The summed E-state index contributed by atoms with van der Waals surface area (Å²) in [5, 5.41) is 2.93. The van der Waals surface area contributed by atoms with Gasteiger partial charge in [-0.25, -0.2) is 8.42 Å². The molecule has 0 aromatic heterocycles. The Morgan fingerprint density at radius 3 is 2.41 bits per heavy atom. The molecule has 7 nitrogen and oxygen atoms in total. The quantitative estimate of drug-likeness (QED) is 0.755. The SMILES string of the molecule is COc1cccc(NC(=O)[C@@H](C)N(c2ccc(OC)c(Cl)c2)S(C)(=O)=O)c1. The third-order valence-corrected chi connectivity index (χ3v) is 5.35. The molecule has 1 amide bonds. The number of methoxy groups -OCH3 is 2. The van der Waals surface area contributed by atoms with Crippen LogP contribution in [0.15, 0.2) is 42.5 Å². The summed E-state index contributed by atoms with van der Waals surface area (Å²) >= 11 is 6.11. The van der Waals surface area contributed by atoms with E-state index < -0.39 is 22.0 Å². The standard InChI is InChI=1S/C18H21ClN2O5S/c1-12(18(22)20-13-6-5-7-15(10-13)25-2)21(27(4,23)24)14-8-9-17(26-3)16(19)11-14/h5-12H,1-4H3,(H,20,22)/t12-/m1/s1. The largest absolute Gasteiger partial charge is 0.497 e. The summed E-state index contributed by atoms with van der Waals surface area (Å²) in [4.78, 5) is 12.7. The van der Waals surface area contributed by atoms with Gasteiger partial charge in [0.1, 0.15) is 17.5 Å². The minimum Gasteiger partial charge on any atom is -0.497 e. The van der Waals surface area contributed by atoms with Crippen LogP contribution in [0.25, 0.3) is 0 Å². The minimum absolute atomic E-state index is 0.240. The zero-order valence-corrected chi connectivity index (χ0v) is 17.0. The average molecular weight is 413 g/mol. The molecule has 2 aromatic carbocycles. The normalized spacial score (nSPS) is 12.2. The summed E-state index contributed by atoms with van der Waals surface area (Å²) in [6.07, 6.45) is 1.03. The number of nitrogens with zero attached hydrogens (tertiary/aromatic N) is 1. The molecule has 2 rings (SSSR count). The summed E-state index contributed by atoms with van der Waals surface area (Å²) in [6.45, 7) is 1.49. The maximum atomic E-state index is 12.7. The molecule has 0 saturated heterocycles. The van der Waals surface area contributed by atoms with Crippen molar-refractivity contribution >= 4 is 38.9 Å². The Kier molecular flexibility index (Phi) is 6.56. The van der Waals surface area contributed by atoms with E-state index in [9.17, 15) is 13.2 Å². The van der Waals surface area contributed by atoms with E-state index in [0.29, 0.717) is 17.2 Å². The van der Waals surface area contributed by atoms with E-state index in [4.69, 9.17) is 21.1 Å². The van der Waals surface area contributed by atoms with Crippen molar-refractivity contribution in [3.05, 3.63) is 47.5 Å². The lowest BCUT2D eigenvalue weighted by molar-refractivity contribution is -0.116. The van der Waals surface area contributed by atoms with Crippen molar-refractivity contribution < 1.29 is 22.7 Å². The number of carbonyl (C=O) groups excluding carboxylic acids is 1. The van der Waals surface area contributed by atoms with Crippen LogP contribution in [0, 0.1) is 0 Å². The molecule has 1 atom stereocenters. The van der Waals surface area contributed by atoms with Crippen LogP contribution in [0.4, 0.5) is 11.4 Å². The number of hydrogen-bond donors (Lipinski definition) is 1. The average Bonchev–Trinajstić information content (AvgIpc) is 2.61. The molecule has 0 unspecified atom stereocenters. The molecule has 9 heteroatoms. The Morgan fingerprint density at radius 1 is 1.15 bits per heavy atom. The highest BCUT2D eigenvalue weighted by Crippen LogP contribution is 2.31. The molecular weight excluding hydrogens is 392 g/mol. The first-order valence-electron chi connectivity index (χ1n) is 7.95. The molecule has 146 valence electrons. The lowest BCUT2D eigenvalue weighted by Gasteiger charge is -2.28. The zero-order valence-electron chi connectivity index (χ0n) is 15.4. The van der Waals surface area contributed by atoms with E-state index in [2.05, 4.69) is 5.32 Å². The van der Waals surface area contributed by atoms with Crippen molar-refractivity contribution in [3.8, 4) is 11.5 Å². The van der Waals surface area contributed by atoms with Gasteiger partial charge in [-0.05, 0) is 37.3 Å². The molecule has 0 fully saturated rings. The topological polar surface area (TPSA) is 84.9 Å². The number of carbonyl (C=O) groups is 1. The molecule has 0 aliphatic rings. The maximum absolute atomic E-state index is 12.7. The number of anilines is 2. The minimum atomic E-state index is -3.76. The number of sulfonamides is 1. The monoisotopic (exact) mass is 412 g/mol. The molecular formula is C18H21ClN2O5S. The van der Waals surface area contributed by atoms with Gasteiger partial charge < -0.3 is 14.8 Å². The van der Waals surface area contributed by atoms with Crippen molar-refractivity contribution in [2.24, 2.45) is 0 Å². The maximum Gasteiger partial charge on any atom is 0.247 e.